The van der Waals surface area contributed by atoms with E-state index < -0.39 is 11.0 Å². The summed E-state index contributed by atoms with van der Waals surface area (Å²) in [5, 5.41) is 12.8. The zero-order valence-electron chi connectivity index (χ0n) is 12.1. The predicted octanol–water partition coefficient (Wildman–Crippen LogP) is 3.04. The Morgan fingerprint density at radius 3 is 2.65 bits per heavy atom. The molecule has 3 nitrogen and oxygen atoms in total. The third-order valence-corrected chi connectivity index (χ3v) is 4.44. The van der Waals surface area contributed by atoms with Crippen molar-refractivity contribution < 1.29 is 9.90 Å². The number of halogens is 1. The summed E-state index contributed by atoms with van der Waals surface area (Å²) < 4.78 is 0. The summed E-state index contributed by atoms with van der Waals surface area (Å²) in [7, 11) is 0. The molecule has 1 aliphatic carbocycles. The molecule has 0 aliphatic heterocycles. The summed E-state index contributed by atoms with van der Waals surface area (Å²) in [6, 6.07) is 7.58. The summed E-state index contributed by atoms with van der Waals surface area (Å²) in [4.78, 5) is 12.7. The first-order valence-corrected chi connectivity index (χ1v) is 7.47. The van der Waals surface area contributed by atoms with Gasteiger partial charge in [0, 0.05) is 17.2 Å². The molecule has 0 unspecified atom stereocenters. The van der Waals surface area contributed by atoms with Crippen LogP contribution in [0.1, 0.15) is 45.1 Å². The molecule has 0 bridgehead atoms. The van der Waals surface area contributed by atoms with Gasteiger partial charge in [-0.15, -0.1) is 0 Å². The van der Waals surface area contributed by atoms with Gasteiger partial charge in [-0.25, -0.2) is 0 Å². The van der Waals surface area contributed by atoms with Gasteiger partial charge in [0.25, 0.3) is 0 Å². The molecule has 1 aliphatic rings. The van der Waals surface area contributed by atoms with E-state index in [0.717, 1.165) is 24.8 Å². The maximum absolute atomic E-state index is 12.7. The molecule has 2 rings (SSSR count). The van der Waals surface area contributed by atoms with Gasteiger partial charge in [-0.3, -0.25) is 4.79 Å². The van der Waals surface area contributed by atoms with E-state index in [1.165, 1.54) is 0 Å². The number of aliphatic hydroxyl groups is 1. The fourth-order valence-electron chi connectivity index (χ4n) is 2.73. The lowest BCUT2D eigenvalue weighted by molar-refractivity contribution is -0.131. The van der Waals surface area contributed by atoms with Crippen LogP contribution in [0.5, 0.6) is 0 Å². The van der Waals surface area contributed by atoms with Gasteiger partial charge in [-0.05, 0) is 50.8 Å². The van der Waals surface area contributed by atoms with Crippen molar-refractivity contribution in [3.63, 3.8) is 0 Å². The lowest BCUT2D eigenvalue weighted by atomic mass is 9.63. The normalized spacial score (nSPS) is 17.4. The van der Waals surface area contributed by atoms with Crippen molar-refractivity contribution >= 4 is 17.5 Å². The molecule has 0 radical (unpaired) electrons. The van der Waals surface area contributed by atoms with Gasteiger partial charge >= 0.3 is 0 Å². The molecule has 0 saturated heterocycles. The zero-order valence-corrected chi connectivity index (χ0v) is 12.8. The van der Waals surface area contributed by atoms with E-state index in [9.17, 15) is 4.79 Å². The van der Waals surface area contributed by atoms with Gasteiger partial charge < -0.3 is 10.4 Å². The summed E-state index contributed by atoms with van der Waals surface area (Å²) >= 11 is 6.05. The second-order valence-corrected chi connectivity index (χ2v) is 6.69. The molecule has 110 valence electrons. The van der Waals surface area contributed by atoms with Crippen molar-refractivity contribution in [3.8, 4) is 0 Å². The molecule has 1 aromatic carbocycles. The number of hydrogen-bond donors (Lipinski definition) is 2. The second kappa shape index (κ2) is 5.74. The van der Waals surface area contributed by atoms with Crippen molar-refractivity contribution in [2.75, 3.05) is 6.61 Å². The molecule has 0 spiro atoms. The van der Waals surface area contributed by atoms with Crippen LogP contribution in [0.3, 0.4) is 0 Å². The number of benzene rings is 1. The molecule has 20 heavy (non-hydrogen) atoms. The van der Waals surface area contributed by atoms with E-state index >= 15 is 0 Å². The average molecular weight is 296 g/mol. The standard InChI is InChI=1S/C16H22ClNO2/c1-15(2,9-10-19)18-14(20)16(7-4-8-16)12-5-3-6-13(17)11-12/h3,5-6,11,19H,4,7-10H2,1-2H3,(H,18,20). The molecule has 1 amide bonds. The molecule has 0 aromatic heterocycles. The molecule has 0 atom stereocenters. The lowest BCUT2D eigenvalue weighted by Gasteiger charge is -2.43. The first kappa shape index (κ1) is 15.3. The fraction of sp³-hybridized carbons (Fsp3) is 0.562. The molecule has 2 N–H and O–H groups in total. The SMILES string of the molecule is CC(C)(CCO)NC(=O)C1(c2cccc(Cl)c2)CCC1. The number of rotatable bonds is 5. The van der Waals surface area contributed by atoms with Crippen LogP contribution in [-0.2, 0) is 10.2 Å². The van der Waals surface area contributed by atoms with Crippen LogP contribution >= 0.6 is 11.6 Å². The summed E-state index contributed by atoms with van der Waals surface area (Å²) in [5.74, 6) is 0.0458. The number of carbonyl (C=O) groups is 1. The Balaban J connectivity index is 2.21. The van der Waals surface area contributed by atoms with Crippen molar-refractivity contribution in [1.29, 1.82) is 0 Å². The van der Waals surface area contributed by atoms with Crippen LogP contribution in [0.4, 0.5) is 0 Å². The Morgan fingerprint density at radius 1 is 1.45 bits per heavy atom. The van der Waals surface area contributed by atoms with Gasteiger partial charge in [-0.1, -0.05) is 30.2 Å². The number of hydrogen-bond acceptors (Lipinski definition) is 2. The Hall–Kier alpha value is -1.06. The topological polar surface area (TPSA) is 49.3 Å². The van der Waals surface area contributed by atoms with Gasteiger partial charge in [0.15, 0.2) is 0 Å². The summed E-state index contributed by atoms with van der Waals surface area (Å²) in [6.45, 7) is 3.94. The van der Waals surface area contributed by atoms with E-state index in [2.05, 4.69) is 5.32 Å². The predicted molar refractivity (Wildman–Crippen MR) is 80.9 cm³/mol. The van der Waals surface area contributed by atoms with Gasteiger partial charge in [-0.2, -0.15) is 0 Å². The second-order valence-electron chi connectivity index (χ2n) is 6.26. The van der Waals surface area contributed by atoms with Crippen molar-refractivity contribution in [2.45, 2.75) is 50.5 Å². The molecule has 1 aromatic rings. The molecular formula is C16H22ClNO2. The lowest BCUT2D eigenvalue weighted by Crippen LogP contribution is -2.55. The quantitative estimate of drug-likeness (QED) is 0.877. The minimum absolute atomic E-state index is 0.0458. The average Bonchev–Trinajstić information content (AvgIpc) is 2.26. The van der Waals surface area contributed by atoms with Crippen LogP contribution in [-0.4, -0.2) is 23.2 Å². The molecule has 1 fully saturated rings. The van der Waals surface area contributed by atoms with Crippen molar-refractivity contribution in [3.05, 3.63) is 34.9 Å². The Morgan fingerprint density at radius 2 is 2.15 bits per heavy atom. The number of aliphatic hydroxyl groups excluding tert-OH is 1. The molecule has 1 saturated carbocycles. The Kier molecular flexibility index (Phi) is 4.40. The van der Waals surface area contributed by atoms with Crippen LogP contribution in [0.2, 0.25) is 5.02 Å². The highest BCUT2D eigenvalue weighted by Crippen LogP contribution is 2.44. The Bertz CT molecular complexity index is 495. The van der Waals surface area contributed by atoms with Gasteiger partial charge in [0.2, 0.25) is 5.91 Å². The Labute approximate surface area is 125 Å². The highest BCUT2D eigenvalue weighted by Gasteiger charge is 2.46. The monoisotopic (exact) mass is 295 g/mol. The summed E-state index contributed by atoms with van der Waals surface area (Å²) in [5.41, 5.74) is 0.151. The highest BCUT2D eigenvalue weighted by atomic mass is 35.5. The van der Waals surface area contributed by atoms with Crippen LogP contribution in [0.15, 0.2) is 24.3 Å². The molecular weight excluding hydrogens is 274 g/mol. The highest BCUT2D eigenvalue weighted by molar-refractivity contribution is 6.30. The first-order chi connectivity index (χ1) is 9.39. The van der Waals surface area contributed by atoms with Gasteiger partial charge in [0.05, 0.1) is 5.41 Å². The fourth-order valence-corrected chi connectivity index (χ4v) is 2.92. The number of amides is 1. The first-order valence-electron chi connectivity index (χ1n) is 7.09. The third kappa shape index (κ3) is 2.99. The minimum Gasteiger partial charge on any atom is -0.396 e. The van der Waals surface area contributed by atoms with E-state index in [1.807, 2.05) is 38.1 Å². The number of nitrogens with one attached hydrogen (secondary N) is 1. The third-order valence-electron chi connectivity index (χ3n) is 4.21. The minimum atomic E-state index is -0.447. The van der Waals surface area contributed by atoms with Crippen LogP contribution < -0.4 is 5.32 Å². The van der Waals surface area contributed by atoms with E-state index in [1.54, 1.807) is 0 Å². The van der Waals surface area contributed by atoms with E-state index in [-0.39, 0.29) is 12.5 Å². The largest absolute Gasteiger partial charge is 0.396 e. The summed E-state index contributed by atoms with van der Waals surface area (Å²) in [6.07, 6.45) is 3.31. The maximum Gasteiger partial charge on any atom is 0.231 e. The van der Waals surface area contributed by atoms with Gasteiger partial charge in [0.1, 0.15) is 0 Å². The van der Waals surface area contributed by atoms with E-state index in [4.69, 9.17) is 16.7 Å². The van der Waals surface area contributed by atoms with E-state index in [0.29, 0.717) is 11.4 Å². The number of carbonyl (C=O) groups excluding carboxylic acids is 1. The van der Waals surface area contributed by atoms with Crippen molar-refractivity contribution in [1.82, 2.24) is 5.32 Å². The van der Waals surface area contributed by atoms with Crippen LogP contribution in [0, 0.1) is 0 Å². The van der Waals surface area contributed by atoms with Crippen molar-refractivity contribution in [2.24, 2.45) is 0 Å². The maximum atomic E-state index is 12.7. The smallest absolute Gasteiger partial charge is 0.231 e. The molecule has 4 heteroatoms. The molecule has 0 heterocycles. The van der Waals surface area contributed by atoms with Crippen LogP contribution in [0.25, 0.3) is 0 Å². The zero-order chi connectivity index (χ0) is 14.8.